The van der Waals surface area contributed by atoms with Gasteiger partial charge < -0.3 is 9.13 Å². The zero-order valence-corrected chi connectivity index (χ0v) is 38.2. The summed E-state index contributed by atoms with van der Waals surface area (Å²) in [5.74, 6) is 0.746. The van der Waals surface area contributed by atoms with E-state index in [9.17, 15) is 0 Å². The van der Waals surface area contributed by atoms with E-state index < -0.39 is 0 Å². The van der Waals surface area contributed by atoms with Crippen molar-refractivity contribution in [2.24, 2.45) is 0 Å². The number of rotatable bonds is 6. The van der Waals surface area contributed by atoms with Crippen molar-refractivity contribution in [3.8, 4) is 67.4 Å². The molecule has 1 aliphatic carbocycles. The SMILES string of the molecule is CC1(C)c2cc(-c3ccc4c(c3)c3cc(-c5ccc6c(c5)c5ccccc5n6-c5ccccc5)ccc3n4-c3ccccc3)ccc2-c2c(-c3nc(-c4ccccc4)c4ccccc4n3)cccc21. The molecule has 0 saturated carbocycles. The third-order valence-corrected chi connectivity index (χ3v) is 14.7. The van der Waals surface area contributed by atoms with Gasteiger partial charge in [-0.3, -0.25) is 0 Å². The van der Waals surface area contributed by atoms with E-state index >= 15 is 0 Å². The van der Waals surface area contributed by atoms with Crippen molar-refractivity contribution in [2.75, 3.05) is 0 Å². The molecule has 0 spiro atoms. The average molecular weight is 881 g/mol. The molecule has 0 atom stereocenters. The van der Waals surface area contributed by atoms with Gasteiger partial charge in [0.05, 0.1) is 33.3 Å². The molecule has 0 radical (unpaired) electrons. The van der Waals surface area contributed by atoms with Crippen molar-refractivity contribution in [1.29, 1.82) is 0 Å². The molecule has 0 N–H and O–H groups in total. The highest BCUT2D eigenvalue weighted by atomic mass is 15.0. The Hall–Kier alpha value is -8.86. The van der Waals surface area contributed by atoms with Crippen LogP contribution in [0.2, 0.25) is 0 Å². The number of para-hydroxylation sites is 4. The van der Waals surface area contributed by atoms with Gasteiger partial charge in [0.2, 0.25) is 0 Å². The van der Waals surface area contributed by atoms with Crippen LogP contribution in [-0.2, 0) is 5.41 Å². The monoisotopic (exact) mass is 880 g/mol. The minimum Gasteiger partial charge on any atom is -0.309 e. The fourth-order valence-electron chi connectivity index (χ4n) is 11.4. The highest BCUT2D eigenvalue weighted by Gasteiger charge is 2.37. The van der Waals surface area contributed by atoms with E-state index in [0.717, 1.165) is 44.9 Å². The molecule has 4 heteroatoms. The molecule has 0 amide bonds. The summed E-state index contributed by atoms with van der Waals surface area (Å²) in [5, 5.41) is 6.00. The number of nitrogens with zero attached hydrogens (tertiary/aromatic N) is 4. The Morgan fingerprint density at radius 3 is 1.45 bits per heavy atom. The van der Waals surface area contributed by atoms with E-state index in [4.69, 9.17) is 9.97 Å². The van der Waals surface area contributed by atoms with Crippen molar-refractivity contribution < 1.29 is 0 Å². The summed E-state index contributed by atoms with van der Waals surface area (Å²) in [5.41, 5.74) is 20.7. The third kappa shape index (κ3) is 6.02. The molecule has 324 valence electrons. The van der Waals surface area contributed by atoms with E-state index in [2.05, 4.69) is 254 Å². The minimum absolute atomic E-state index is 0.243. The maximum absolute atomic E-state index is 5.33. The molecule has 0 bridgehead atoms. The molecule has 0 aliphatic heterocycles. The van der Waals surface area contributed by atoms with Gasteiger partial charge in [0.15, 0.2) is 5.82 Å². The molecule has 0 saturated heterocycles. The van der Waals surface area contributed by atoms with Crippen LogP contribution in [0.4, 0.5) is 0 Å². The second kappa shape index (κ2) is 15.1. The fraction of sp³-hybridized carbons (Fsp3) is 0.0462. The zero-order valence-electron chi connectivity index (χ0n) is 38.2. The standard InChI is InChI=1S/C65H44N4/c1-65(2)55-26-16-25-51(64-66-57-27-14-12-24-50(57)63(67-64)41-17-6-3-7-18-41)62(55)49-33-29-45(40-56(49)65)44-32-36-61-54(39-44)53-38-43(31-35-60(53)69(61)47-21-10-5-11-22-47)42-30-34-59-52(37-42)48-23-13-15-28-58(48)68(59)46-19-8-4-9-20-46/h3-40H,1-2H3. The van der Waals surface area contributed by atoms with Crippen LogP contribution in [0, 0.1) is 0 Å². The van der Waals surface area contributed by atoms with Gasteiger partial charge in [0, 0.05) is 54.8 Å². The highest BCUT2D eigenvalue weighted by molar-refractivity contribution is 6.13. The first-order valence-electron chi connectivity index (χ1n) is 23.8. The Balaban J connectivity index is 0.910. The average Bonchev–Trinajstić information content (AvgIpc) is 4.00. The summed E-state index contributed by atoms with van der Waals surface area (Å²) >= 11 is 0. The van der Waals surface area contributed by atoms with Crippen molar-refractivity contribution in [3.05, 3.63) is 242 Å². The Morgan fingerprint density at radius 1 is 0.333 bits per heavy atom. The van der Waals surface area contributed by atoms with Crippen LogP contribution >= 0.6 is 0 Å². The van der Waals surface area contributed by atoms with Gasteiger partial charge in [0.1, 0.15) is 0 Å². The van der Waals surface area contributed by atoms with Crippen molar-refractivity contribution in [3.63, 3.8) is 0 Å². The summed E-state index contributed by atoms with van der Waals surface area (Å²) in [4.78, 5) is 10.6. The lowest BCUT2D eigenvalue weighted by atomic mass is 9.81. The number of aromatic nitrogens is 4. The molecule has 10 aromatic carbocycles. The van der Waals surface area contributed by atoms with Gasteiger partial charge in [-0.15, -0.1) is 0 Å². The van der Waals surface area contributed by atoms with Gasteiger partial charge in [-0.1, -0.05) is 166 Å². The molecule has 3 heterocycles. The molecular formula is C65H44N4. The van der Waals surface area contributed by atoms with E-state index in [1.807, 2.05) is 0 Å². The minimum atomic E-state index is -0.243. The Labute approximate surface area is 400 Å². The fourth-order valence-corrected chi connectivity index (χ4v) is 11.4. The second-order valence-electron chi connectivity index (χ2n) is 18.9. The van der Waals surface area contributed by atoms with Crippen LogP contribution in [0.25, 0.3) is 122 Å². The Kier molecular flexibility index (Phi) is 8.59. The highest BCUT2D eigenvalue weighted by Crippen LogP contribution is 2.53. The third-order valence-electron chi connectivity index (χ3n) is 14.7. The molecular weight excluding hydrogens is 837 g/mol. The predicted molar refractivity (Wildman–Crippen MR) is 288 cm³/mol. The summed E-state index contributed by atoms with van der Waals surface area (Å²) in [6.07, 6.45) is 0. The molecule has 1 aliphatic rings. The quantitative estimate of drug-likeness (QED) is 0.167. The smallest absolute Gasteiger partial charge is 0.161 e. The van der Waals surface area contributed by atoms with Crippen LogP contribution in [0.1, 0.15) is 25.0 Å². The van der Waals surface area contributed by atoms with Crippen molar-refractivity contribution in [2.45, 2.75) is 19.3 Å². The molecule has 4 nitrogen and oxygen atoms in total. The Bertz CT molecular complexity index is 4200. The maximum Gasteiger partial charge on any atom is 0.161 e. The Morgan fingerprint density at radius 2 is 0.826 bits per heavy atom. The largest absolute Gasteiger partial charge is 0.309 e. The van der Waals surface area contributed by atoms with Gasteiger partial charge >= 0.3 is 0 Å². The molecule has 13 aromatic rings. The first-order chi connectivity index (χ1) is 34.0. The van der Waals surface area contributed by atoms with Gasteiger partial charge in [-0.2, -0.15) is 0 Å². The molecule has 0 fully saturated rings. The molecule has 3 aromatic heterocycles. The summed E-state index contributed by atoms with van der Waals surface area (Å²) in [6.45, 7) is 4.72. The van der Waals surface area contributed by atoms with Crippen LogP contribution in [0.3, 0.4) is 0 Å². The van der Waals surface area contributed by atoms with E-state index in [1.54, 1.807) is 0 Å². The number of hydrogen-bond donors (Lipinski definition) is 0. The maximum atomic E-state index is 5.33. The molecule has 69 heavy (non-hydrogen) atoms. The lowest BCUT2D eigenvalue weighted by molar-refractivity contribution is 0.660. The topological polar surface area (TPSA) is 35.6 Å². The lowest BCUT2D eigenvalue weighted by Gasteiger charge is -2.22. The van der Waals surface area contributed by atoms with E-state index in [-0.39, 0.29) is 5.41 Å². The number of hydrogen-bond acceptors (Lipinski definition) is 2. The first kappa shape index (κ1) is 39.3. The lowest BCUT2D eigenvalue weighted by Crippen LogP contribution is -2.15. The zero-order chi connectivity index (χ0) is 45.8. The van der Waals surface area contributed by atoms with Crippen molar-refractivity contribution >= 4 is 54.5 Å². The number of benzene rings is 10. The van der Waals surface area contributed by atoms with E-state index in [0.29, 0.717) is 0 Å². The first-order valence-corrected chi connectivity index (χ1v) is 23.8. The van der Waals surface area contributed by atoms with Gasteiger partial charge in [0.25, 0.3) is 0 Å². The van der Waals surface area contributed by atoms with Crippen molar-refractivity contribution in [1.82, 2.24) is 19.1 Å². The van der Waals surface area contributed by atoms with Gasteiger partial charge in [-0.05, 0) is 123 Å². The number of fused-ring (bicyclic) bond motifs is 10. The molecule has 14 rings (SSSR count). The summed E-state index contributed by atoms with van der Waals surface area (Å²) in [7, 11) is 0. The summed E-state index contributed by atoms with van der Waals surface area (Å²) < 4.78 is 4.79. The van der Waals surface area contributed by atoms with Crippen LogP contribution in [0.15, 0.2) is 231 Å². The van der Waals surface area contributed by atoms with Crippen LogP contribution < -0.4 is 0 Å². The normalized spacial score (nSPS) is 12.9. The molecule has 0 unspecified atom stereocenters. The van der Waals surface area contributed by atoms with E-state index in [1.165, 1.54) is 88.1 Å². The van der Waals surface area contributed by atoms with Gasteiger partial charge in [-0.25, -0.2) is 9.97 Å². The van der Waals surface area contributed by atoms with Crippen LogP contribution in [-0.4, -0.2) is 19.1 Å². The summed E-state index contributed by atoms with van der Waals surface area (Å²) in [6, 6.07) is 83.7. The second-order valence-corrected chi connectivity index (χ2v) is 18.9. The predicted octanol–water partition coefficient (Wildman–Crippen LogP) is 16.8. The van der Waals surface area contributed by atoms with Crippen LogP contribution in [0.5, 0.6) is 0 Å².